The summed E-state index contributed by atoms with van der Waals surface area (Å²) in [6.45, 7) is 0.303. The number of allylic oxidation sites excluding steroid dienone is 2. The lowest BCUT2D eigenvalue weighted by atomic mass is 9.73. The normalized spacial score (nSPS) is 30.2. The van der Waals surface area contributed by atoms with Gasteiger partial charge in [-0.25, -0.2) is 8.78 Å². The van der Waals surface area contributed by atoms with E-state index < -0.39 is 29.5 Å². The van der Waals surface area contributed by atoms with Crippen LogP contribution in [-0.4, -0.2) is 17.8 Å². The van der Waals surface area contributed by atoms with Crippen LogP contribution in [0.5, 0.6) is 0 Å². The van der Waals surface area contributed by atoms with Gasteiger partial charge < -0.3 is 15.2 Å². The van der Waals surface area contributed by atoms with Crippen molar-refractivity contribution >= 4 is 5.69 Å². The van der Waals surface area contributed by atoms with Crippen molar-refractivity contribution in [1.29, 1.82) is 0 Å². The third-order valence-corrected chi connectivity index (χ3v) is 5.52. The highest BCUT2D eigenvalue weighted by Gasteiger charge is 2.47. The first kappa shape index (κ1) is 18.3. The first-order valence-electron chi connectivity index (χ1n) is 8.82. The predicted molar refractivity (Wildman–Crippen MR) is 88.1 cm³/mol. The van der Waals surface area contributed by atoms with Crippen molar-refractivity contribution in [3.05, 3.63) is 52.8 Å². The van der Waals surface area contributed by atoms with E-state index in [1.54, 1.807) is 18.2 Å². The number of benzene rings is 1. The number of fused-ring (bicyclic) bond motifs is 3. The van der Waals surface area contributed by atoms with Gasteiger partial charge in [0.25, 0.3) is 0 Å². The number of nitrogens with one attached hydrogen (secondary N) is 1. The second-order valence-corrected chi connectivity index (χ2v) is 7.17. The maximum Gasteiger partial charge on any atom is 0.422 e. The molecule has 1 unspecified atom stereocenters. The molecular weight excluding hydrogens is 369 g/mol. The van der Waals surface area contributed by atoms with E-state index in [1.807, 2.05) is 0 Å². The number of hydrogen-bond donors (Lipinski definition) is 2. The van der Waals surface area contributed by atoms with Crippen molar-refractivity contribution in [3.63, 3.8) is 0 Å². The summed E-state index contributed by atoms with van der Waals surface area (Å²) in [6.07, 6.45) is 0.935. The summed E-state index contributed by atoms with van der Waals surface area (Å²) in [5.41, 5.74) is -2.16. The Morgan fingerprint density at radius 2 is 2.00 bits per heavy atom. The Labute approximate surface area is 152 Å². The van der Waals surface area contributed by atoms with Crippen LogP contribution >= 0.6 is 0 Å². The topological polar surface area (TPSA) is 41.5 Å². The molecule has 2 N–H and O–H groups in total. The van der Waals surface area contributed by atoms with Gasteiger partial charge in [-0.1, -0.05) is 6.08 Å². The molecule has 0 aromatic heterocycles. The molecule has 0 saturated carbocycles. The number of rotatable bonds is 1. The fourth-order valence-electron chi connectivity index (χ4n) is 4.41. The highest BCUT2D eigenvalue weighted by atomic mass is 19.4. The van der Waals surface area contributed by atoms with E-state index in [4.69, 9.17) is 4.74 Å². The van der Waals surface area contributed by atoms with E-state index in [0.29, 0.717) is 31.9 Å². The zero-order valence-corrected chi connectivity index (χ0v) is 14.2. The number of ether oxygens (including phenoxy) is 1. The van der Waals surface area contributed by atoms with Crippen LogP contribution in [0.15, 0.2) is 30.1 Å². The van der Waals surface area contributed by atoms with Crippen LogP contribution in [0.3, 0.4) is 0 Å². The van der Waals surface area contributed by atoms with Crippen LogP contribution in [0, 0.1) is 23.5 Å². The molecular formula is C19H18F5NO2. The minimum absolute atomic E-state index is 0.0198. The van der Waals surface area contributed by atoms with Gasteiger partial charge in [0, 0.05) is 35.7 Å². The summed E-state index contributed by atoms with van der Waals surface area (Å²) in [5, 5.41) is 12.8. The third-order valence-electron chi connectivity index (χ3n) is 5.52. The van der Waals surface area contributed by atoms with Crippen molar-refractivity contribution in [3.8, 4) is 0 Å². The maximum absolute atomic E-state index is 14.8. The summed E-state index contributed by atoms with van der Waals surface area (Å²) in [7, 11) is 0. The van der Waals surface area contributed by atoms with Gasteiger partial charge in [0.2, 0.25) is 0 Å². The molecule has 1 saturated heterocycles. The largest absolute Gasteiger partial charge is 0.508 e. The summed E-state index contributed by atoms with van der Waals surface area (Å²) in [5.74, 6) is -3.61. The Kier molecular flexibility index (Phi) is 4.41. The van der Waals surface area contributed by atoms with Crippen molar-refractivity contribution in [2.24, 2.45) is 11.8 Å². The predicted octanol–water partition coefficient (Wildman–Crippen LogP) is 5.26. The fourth-order valence-corrected chi connectivity index (χ4v) is 4.41. The molecule has 1 aromatic carbocycles. The van der Waals surface area contributed by atoms with Crippen molar-refractivity contribution in [2.75, 3.05) is 11.9 Å². The lowest BCUT2D eigenvalue weighted by Crippen LogP contribution is -2.46. The van der Waals surface area contributed by atoms with Crippen molar-refractivity contribution < 1.29 is 31.8 Å². The van der Waals surface area contributed by atoms with Gasteiger partial charge in [0.15, 0.2) is 0 Å². The Hall–Kier alpha value is -2.09. The zero-order valence-electron chi connectivity index (χ0n) is 14.2. The van der Waals surface area contributed by atoms with E-state index in [2.05, 4.69) is 5.32 Å². The third kappa shape index (κ3) is 3.09. The lowest BCUT2D eigenvalue weighted by Gasteiger charge is -2.46. The average molecular weight is 387 g/mol. The van der Waals surface area contributed by atoms with Gasteiger partial charge in [-0.05, 0) is 37.5 Å². The van der Waals surface area contributed by atoms with Crippen LogP contribution in [0.4, 0.5) is 27.6 Å². The summed E-state index contributed by atoms with van der Waals surface area (Å²) in [4.78, 5) is 0. The van der Waals surface area contributed by atoms with Crippen LogP contribution in [-0.2, 0) is 10.9 Å². The van der Waals surface area contributed by atoms with Gasteiger partial charge in [-0.3, -0.25) is 0 Å². The molecule has 4 rings (SSSR count). The molecule has 3 nitrogen and oxygen atoms in total. The number of aliphatic hydroxyl groups excluding tert-OH is 1. The van der Waals surface area contributed by atoms with Gasteiger partial charge in [0.05, 0.1) is 6.10 Å². The van der Waals surface area contributed by atoms with Gasteiger partial charge in [-0.2, -0.15) is 13.2 Å². The van der Waals surface area contributed by atoms with E-state index in [0.717, 1.165) is 0 Å². The minimum atomic E-state index is -5.13. The molecule has 4 atom stereocenters. The number of aliphatic hydroxyl groups is 1. The molecule has 0 amide bonds. The molecule has 2 aliphatic heterocycles. The number of anilines is 1. The molecule has 27 heavy (non-hydrogen) atoms. The Bertz CT molecular complexity index is 817. The highest BCUT2D eigenvalue weighted by molar-refractivity contribution is 5.59. The van der Waals surface area contributed by atoms with Crippen LogP contribution < -0.4 is 5.32 Å². The first-order valence-corrected chi connectivity index (χ1v) is 8.82. The number of alkyl halides is 3. The van der Waals surface area contributed by atoms with E-state index in [-0.39, 0.29) is 34.9 Å². The fraction of sp³-hybridized carbons (Fsp3) is 0.474. The summed E-state index contributed by atoms with van der Waals surface area (Å²) >= 11 is 0. The lowest BCUT2D eigenvalue weighted by molar-refractivity contribution is -0.142. The van der Waals surface area contributed by atoms with Crippen molar-refractivity contribution in [2.45, 2.75) is 37.6 Å². The number of hydrogen-bond acceptors (Lipinski definition) is 3. The summed E-state index contributed by atoms with van der Waals surface area (Å²) in [6, 6.07) is 0.385. The Morgan fingerprint density at radius 1 is 1.22 bits per heavy atom. The minimum Gasteiger partial charge on any atom is -0.508 e. The molecule has 0 bridgehead atoms. The maximum atomic E-state index is 14.8. The molecule has 1 aliphatic carbocycles. The SMILES string of the molecule is OC1=CC([C@@H]2Nc3cc(F)c(C(F)(F)F)c(F)c3[C@H]3OCCC[C@H]32)CC=C1. The standard InChI is InChI=1S/C19H18F5NO2/c20-12-8-13-14(16(21)15(12)19(22,23)24)18-11(5-2-6-27-18)17(25-13)9-3-1-4-10(26)7-9/h1,4,7-9,11,17-18,25-26H,2-3,5-6H2/t9?,11-,17-,18-/m0/s1. The smallest absolute Gasteiger partial charge is 0.422 e. The van der Waals surface area contributed by atoms with E-state index in [9.17, 15) is 27.1 Å². The van der Waals surface area contributed by atoms with Gasteiger partial charge >= 0.3 is 6.18 Å². The van der Waals surface area contributed by atoms with E-state index >= 15 is 0 Å². The van der Waals surface area contributed by atoms with Crippen LogP contribution in [0.25, 0.3) is 0 Å². The van der Waals surface area contributed by atoms with Gasteiger partial charge in [-0.15, -0.1) is 0 Å². The van der Waals surface area contributed by atoms with Crippen LogP contribution in [0.1, 0.15) is 36.5 Å². The molecule has 1 aromatic rings. The second-order valence-electron chi connectivity index (χ2n) is 7.17. The van der Waals surface area contributed by atoms with Gasteiger partial charge in [0.1, 0.15) is 23.0 Å². The van der Waals surface area contributed by atoms with Crippen LogP contribution in [0.2, 0.25) is 0 Å². The Balaban J connectivity index is 1.81. The summed E-state index contributed by atoms with van der Waals surface area (Å²) < 4.78 is 73.9. The molecule has 1 fully saturated rings. The highest BCUT2D eigenvalue weighted by Crippen LogP contribution is 2.50. The molecule has 2 heterocycles. The second kappa shape index (κ2) is 6.51. The molecule has 8 heteroatoms. The zero-order chi connectivity index (χ0) is 19.3. The number of halogens is 5. The first-order chi connectivity index (χ1) is 12.8. The Morgan fingerprint density at radius 3 is 2.70 bits per heavy atom. The monoisotopic (exact) mass is 387 g/mol. The molecule has 0 spiro atoms. The molecule has 0 radical (unpaired) electrons. The van der Waals surface area contributed by atoms with E-state index in [1.165, 1.54) is 0 Å². The quantitative estimate of drug-likeness (QED) is 0.646. The average Bonchev–Trinajstić information content (AvgIpc) is 2.59. The van der Waals surface area contributed by atoms with Crippen molar-refractivity contribution in [1.82, 2.24) is 0 Å². The molecule has 3 aliphatic rings. The molecule has 146 valence electrons.